The van der Waals surface area contributed by atoms with Crippen LogP contribution >= 0.6 is 0 Å². The zero-order valence-electron chi connectivity index (χ0n) is 18.8. The van der Waals surface area contributed by atoms with Gasteiger partial charge in [-0.3, -0.25) is 9.78 Å². The van der Waals surface area contributed by atoms with Crippen molar-refractivity contribution in [1.82, 2.24) is 29.2 Å². The SMILES string of the molecule is CN(C)C1CCN(c2ccc3cnn(-c4cncc(-n5ccc(CC(=O)O)c5)n4)c3c2)CC1. The number of hydrogen-bond acceptors (Lipinski definition) is 6. The van der Waals surface area contributed by atoms with Crippen molar-refractivity contribution in [2.24, 2.45) is 0 Å². The second-order valence-corrected chi connectivity index (χ2v) is 8.71. The molecule has 0 unspecified atom stereocenters. The fourth-order valence-electron chi connectivity index (χ4n) is 4.46. The number of carboxylic acid groups (broad SMARTS) is 1. The molecule has 4 aromatic rings. The molecule has 9 heteroatoms. The Bertz CT molecular complexity index is 1280. The molecule has 1 N–H and O–H groups in total. The van der Waals surface area contributed by atoms with E-state index in [4.69, 9.17) is 10.1 Å². The number of fused-ring (bicyclic) bond motifs is 1. The maximum atomic E-state index is 11.0. The molecule has 0 bridgehead atoms. The van der Waals surface area contributed by atoms with Crippen molar-refractivity contribution in [1.29, 1.82) is 0 Å². The summed E-state index contributed by atoms with van der Waals surface area (Å²) in [4.78, 5) is 24.8. The number of benzene rings is 1. The highest BCUT2D eigenvalue weighted by atomic mass is 16.4. The molecule has 0 saturated carbocycles. The molecule has 1 saturated heterocycles. The van der Waals surface area contributed by atoms with Gasteiger partial charge in [0.05, 0.1) is 30.5 Å². The predicted octanol–water partition coefficient (Wildman–Crippen LogP) is 2.76. The normalized spacial score (nSPS) is 14.9. The number of piperidine rings is 1. The van der Waals surface area contributed by atoms with Crippen LogP contribution in [0, 0.1) is 0 Å². The van der Waals surface area contributed by atoms with Crippen LogP contribution in [-0.4, -0.2) is 73.5 Å². The van der Waals surface area contributed by atoms with Gasteiger partial charge in [0.1, 0.15) is 0 Å². The van der Waals surface area contributed by atoms with Crippen molar-refractivity contribution in [2.75, 3.05) is 32.1 Å². The minimum absolute atomic E-state index is 0.0293. The van der Waals surface area contributed by atoms with E-state index in [1.807, 2.05) is 10.9 Å². The molecule has 1 aliphatic heterocycles. The first-order chi connectivity index (χ1) is 16.0. The third-order valence-electron chi connectivity index (χ3n) is 6.31. The number of carbonyl (C=O) groups is 1. The van der Waals surface area contributed by atoms with E-state index < -0.39 is 5.97 Å². The molecule has 5 rings (SSSR count). The van der Waals surface area contributed by atoms with Crippen molar-refractivity contribution in [3.05, 3.63) is 60.8 Å². The lowest BCUT2D eigenvalue weighted by molar-refractivity contribution is -0.136. The van der Waals surface area contributed by atoms with Crippen LogP contribution in [0.1, 0.15) is 18.4 Å². The van der Waals surface area contributed by atoms with Crippen molar-refractivity contribution in [2.45, 2.75) is 25.3 Å². The summed E-state index contributed by atoms with van der Waals surface area (Å²) in [5.41, 5.74) is 2.88. The van der Waals surface area contributed by atoms with Gasteiger partial charge >= 0.3 is 5.97 Å². The fraction of sp³-hybridized carbons (Fsp3) is 0.333. The van der Waals surface area contributed by atoms with E-state index in [1.165, 1.54) is 5.69 Å². The van der Waals surface area contributed by atoms with Gasteiger partial charge in [-0.1, -0.05) is 0 Å². The van der Waals surface area contributed by atoms with E-state index >= 15 is 0 Å². The maximum absolute atomic E-state index is 11.0. The topological polar surface area (TPSA) is 92.3 Å². The monoisotopic (exact) mass is 445 g/mol. The van der Waals surface area contributed by atoms with Gasteiger partial charge < -0.3 is 19.5 Å². The molecule has 0 spiro atoms. The lowest BCUT2D eigenvalue weighted by Crippen LogP contribution is -2.41. The molecule has 1 fully saturated rings. The van der Waals surface area contributed by atoms with Gasteiger partial charge in [0.15, 0.2) is 11.6 Å². The van der Waals surface area contributed by atoms with Crippen LogP contribution in [0.4, 0.5) is 5.69 Å². The summed E-state index contributed by atoms with van der Waals surface area (Å²) in [7, 11) is 4.31. The van der Waals surface area contributed by atoms with Gasteiger partial charge in [0.2, 0.25) is 0 Å². The largest absolute Gasteiger partial charge is 0.481 e. The molecule has 33 heavy (non-hydrogen) atoms. The minimum Gasteiger partial charge on any atom is -0.481 e. The lowest BCUT2D eigenvalue weighted by Gasteiger charge is -2.36. The maximum Gasteiger partial charge on any atom is 0.307 e. The van der Waals surface area contributed by atoms with Crippen LogP contribution in [0.25, 0.3) is 22.5 Å². The molecule has 3 aromatic heterocycles. The van der Waals surface area contributed by atoms with Crippen LogP contribution in [0.5, 0.6) is 0 Å². The van der Waals surface area contributed by atoms with Gasteiger partial charge in [-0.15, -0.1) is 0 Å². The summed E-state index contributed by atoms with van der Waals surface area (Å²) < 4.78 is 3.59. The molecule has 1 aliphatic rings. The second-order valence-electron chi connectivity index (χ2n) is 8.71. The number of anilines is 1. The summed E-state index contributed by atoms with van der Waals surface area (Å²) in [6, 6.07) is 8.85. The molecule has 0 aliphatic carbocycles. The van der Waals surface area contributed by atoms with Gasteiger partial charge in [-0.05, 0) is 56.8 Å². The van der Waals surface area contributed by atoms with E-state index in [1.54, 1.807) is 35.4 Å². The van der Waals surface area contributed by atoms with E-state index in [9.17, 15) is 4.79 Å². The number of rotatable bonds is 6. The second kappa shape index (κ2) is 8.67. The Hall–Kier alpha value is -3.72. The minimum atomic E-state index is -0.864. The smallest absolute Gasteiger partial charge is 0.307 e. The van der Waals surface area contributed by atoms with E-state index in [0.29, 0.717) is 23.2 Å². The van der Waals surface area contributed by atoms with Crippen LogP contribution in [-0.2, 0) is 11.2 Å². The molecule has 0 atom stereocenters. The first kappa shape index (κ1) is 21.1. The summed E-state index contributed by atoms with van der Waals surface area (Å²) in [5.74, 6) is 0.353. The Labute approximate surface area is 191 Å². The number of aromatic nitrogens is 5. The Morgan fingerprint density at radius 3 is 2.67 bits per heavy atom. The van der Waals surface area contributed by atoms with E-state index in [-0.39, 0.29) is 6.42 Å². The van der Waals surface area contributed by atoms with Crippen molar-refractivity contribution in [3.63, 3.8) is 0 Å². The molecular formula is C24H27N7O2. The molecule has 170 valence electrons. The van der Waals surface area contributed by atoms with Gasteiger partial charge in [0, 0.05) is 42.6 Å². The van der Waals surface area contributed by atoms with E-state index in [2.05, 4.69) is 52.2 Å². The van der Waals surface area contributed by atoms with Crippen LogP contribution in [0.3, 0.4) is 0 Å². The first-order valence-electron chi connectivity index (χ1n) is 11.1. The Morgan fingerprint density at radius 2 is 1.91 bits per heavy atom. The van der Waals surface area contributed by atoms with Crippen molar-refractivity contribution < 1.29 is 9.90 Å². The third kappa shape index (κ3) is 4.31. The summed E-state index contributed by atoms with van der Waals surface area (Å²) in [6.07, 6.45) is 11.0. The van der Waals surface area contributed by atoms with Gasteiger partial charge in [0.25, 0.3) is 0 Å². The zero-order chi connectivity index (χ0) is 22.9. The predicted molar refractivity (Wildman–Crippen MR) is 126 cm³/mol. The van der Waals surface area contributed by atoms with Crippen molar-refractivity contribution >= 4 is 22.6 Å². The highest BCUT2D eigenvalue weighted by molar-refractivity contribution is 5.83. The standard InChI is InChI=1S/C24H27N7O2/c1-28(2)19-6-9-29(10-7-19)20-4-3-18-13-26-31(21(18)12-20)23-15-25-14-22(27-23)30-8-5-17(16-30)11-24(32)33/h3-5,8,12-16,19H,6-7,9-11H2,1-2H3,(H,32,33). The van der Waals surface area contributed by atoms with Crippen molar-refractivity contribution in [3.8, 4) is 11.6 Å². The quantitative estimate of drug-likeness (QED) is 0.488. The lowest BCUT2D eigenvalue weighted by atomic mass is 10.0. The number of aliphatic carboxylic acids is 1. The van der Waals surface area contributed by atoms with E-state index in [0.717, 1.165) is 36.8 Å². The zero-order valence-corrected chi connectivity index (χ0v) is 18.8. The molecule has 9 nitrogen and oxygen atoms in total. The summed E-state index contributed by atoms with van der Waals surface area (Å²) in [6.45, 7) is 2.06. The van der Waals surface area contributed by atoms with Gasteiger partial charge in [-0.2, -0.15) is 5.10 Å². The molecule has 4 heterocycles. The van der Waals surface area contributed by atoms with Crippen LogP contribution < -0.4 is 4.90 Å². The average Bonchev–Trinajstić information content (AvgIpc) is 3.45. The fourth-order valence-corrected chi connectivity index (χ4v) is 4.46. The Kier molecular flexibility index (Phi) is 5.55. The van der Waals surface area contributed by atoms with Crippen LogP contribution in [0.15, 0.2) is 55.2 Å². The first-order valence-corrected chi connectivity index (χ1v) is 11.1. The number of carboxylic acids is 1. The highest BCUT2D eigenvalue weighted by Gasteiger charge is 2.21. The molecule has 0 radical (unpaired) electrons. The summed E-state index contributed by atoms with van der Waals surface area (Å²) in [5, 5.41) is 14.6. The molecule has 0 amide bonds. The summed E-state index contributed by atoms with van der Waals surface area (Å²) >= 11 is 0. The third-order valence-corrected chi connectivity index (χ3v) is 6.31. The Morgan fingerprint density at radius 1 is 1.12 bits per heavy atom. The number of nitrogens with zero attached hydrogens (tertiary/aromatic N) is 7. The van der Waals surface area contributed by atoms with Crippen LogP contribution in [0.2, 0.25) is 0 Å². The average molecular weight is 446 g/mol. The highest BCUT2D eigenvalue weighted by Crippen LogP contribution is 2.27. The molecular weight excluding hydrogens is 418 g/mol. The Balaban J connectivity index is 1.43. The number of hydrogen-bond donors (Lipinski definition) is 1. The molecule has 1 aromatic carbocycles. The van der Waals surface area contributed by atoms with Gasteiger partial charge in [-0.25, -0.2) is 9.67 Å².